The lowest BCUT2D eigenvalue weighted by Crippen LogP contribution is -2.53. The molecule has 350 valence electrons. The van der Waals surface area contributed by atoms with E-state index in [1.165, 1.54) is 14.2 Å². The molecule has 18 heteroatoms. The van der Waals surface area contributed by atoms with Gasteiger partial charge in [-0.1, -0.05) is 73.2 Å². The maximum atomic E-state index is 14.1. The van der Waals surface area contributed by atoms with Gasteiger partial charge in [-0.2, -0.15) is 0 Å². The van der Waals surface area contributed by atoms with Crippen LogP contribution in [0.3, 0.4) is 0 Å². The van der Waals surface area contributed by atoms with E-state index in [1.54, 1.807) is 9.80 Å². The summed E-state index contributed by atoms with van der Waals surface area (Å²) in [5, 5.41) is 6.33. The first kappa shape index (κ1) is 46.9. The van der Waals surface area contributed by atoms with Gasteiger partial charge in [-0.3, -0.25) is 9.59 Å². The largest absolute Gasteiger partial charge is 0.453 e. The number of imidazole rings is 2. The molecule has 0 saturated carbocycles. The van der Waals surface area contributed by atoms with Crippen LogP contribution in [-0.2, 0) is 28.5 Å². The summed E-state index contributed by atoms with van der Waals surface area (Å²) in [5.74, 6) is 7.57. The molecule has 16 nitrogen and oxygen atoms in total. The highest BCUT2D eigenvalue weighted by Gasteiger charge is 2.44. The summed E-state index contributed by atoms with van der Waals surface area (Å²) in [6.45, 7) is 7.35. The van der Waals surface area contributed by atoms with Crippen LogP contribution in [0.2, 0.25) is 10.3 Å². The number of carbonyl (C=O) groups is 4. The Morgan fingerprint density at radius 1 is 0.652 bits per heavy atom. The smallest absolute Gasteiger partial charge is 0.407 e. The predicted molar refractivity (Wildman–Crippen MR) is 246 cm³/mol. The number of hydrogen-bond acceptors (Lipinski definition) is 10. The molecule has 4 N–H and O–H groups in total. The summed E-state index contributed by atoms with van der Waals surface area (Å²) >= 11 is 13.5. The molecule has 4 aromatic rings. The van der Waals surface area contributed by atoms with Crippen molar-refractivity contribution in [2.24, 2.45) is 23.7 Å². The topological polar surface area (TPSA) is 193 Å². The molecule has 0 radical (unpaired) electrons. The van der Waals surface area contributed by atoms with Gasteiger partial charge >= 0.3 is 12.2 Å². The van der Waals surface area contributed by atoms with Crippen LogP contribution in [0.1, 0.15) is 87.2 Å². The molecule has 66 heavy (non-hydrogen) atoms. The Morgan fingerprint density at radius 3 is 1.36 bits per heavy atom. The lowest BCUT2D eigenvalue weighted by Gasteiger charge is -2.34. The Hall–Kier alpha value is -5.60. The highest BCUT2D eigenvalue weighted by atomic mass is 35.5. The van der Waals surface area contributed by atoms with Crippen molar-refractivity contribution in [3.63, 3.8) is 0 Å². The molecule has 8 rings (SSSR count). The number of nitrogens with one attached hydrogen (secondary N) is 4. The van der Waals surface area contributed by atoms with E-state index in [0.29, 0.717) is 111 Å². The SMILES string of the molecule is COC(=O)N[C@H](C(=O)N1C[C@@H](C)C[C@H]1c1nc(-c2ccc(C#Cc3ccc(-c4nc([C@@H]5C[C@H](C)CN5C(=O)[C@@H](NC(=O)OC)C5CCOCC5)[nH]c4Cl)cc3)cc2)c(Cl)[nH]1)C1CCOCC1. The lowest BCUT2D eigenvalue weighted by atomic mass is 9.90. The fraction of sp³-hybridized carbons (Fsp3) is 0.500. The second-order valence-electron chi connectivity index (χ2n) is 17.8. The van der Waals surface area contributed by atoms with Crippen LogP contribution in [0.4, 0.5) is 9.59 Å². The molecule has 2 aromatic carbocycles. The standard InChI is InChI=1S/C48H56Cl2N8O8/c1-27-23-35(57(25-27)45(59)39(53-47(61)63-3)33-15-19-65-20-16-33)43-51-37(41(49)55-43)31-11-7-29(8-12-31)5-6-30-9-13-32(14-10-30)38-42(50)56-44(52-38)36-24-28(2)26-58(36)46(60)40(54-48(62)64-4)34-17-21-66-22-18-34/h7-14,27-28,33-36,39-40H,15-26H2,1-4H3,(H,51,55)(H,52,56)(H,53,61)(H,54,62)/t27-,28-,35-,36-,39-,40-/m0/s1. The van der Waals surface area contributed by atoms with E-state index in [4.69, 9.17) is 52.1 Å². The first-order valence-electron chi connectivity index (χ1n) is 22.6. The van der Waals surface area contributed by atoms with Crippen LogP contribution in [0.5, 0.6) is 0 Å². The number of alkyl carbamates (subject to hydrolysis) is 2. The highest BCUT2D eigenvalue weighted by molar-refractivity contribution is 6.32. The molecule has 4 fully saturated rings. The quantitative estimate of drug-likeness (QED) is 0.117. The van der Waals surface area contributed by atoms with Crippen molar-refractivity contribution in [3.8, 4) is 34.4 Å². The van der Waals surface area contributed by atoms with Gasteiger partial charge in [0, 0.05) is 61.8 Å². The van der Waals surface area contributed by atoms with E-state index >= 15 is 0 Å². The molecule has 0 spiro atoms. The zero-order valence-electron chi connectivity index (χ0n) is 37.5. The van der Waals surface area contributed by atoms with E-state index in [0.717, 1.165) is 22.3 Å². The number of halogens is 2. The highest BCUT2D eigenvalue weighted by Crippen LogP contribution is 2.40. The fourth-order valence-corrected chi connectivity index (χ4v) is 10.2. The summed E-state index contributed by atoms with van der Waals surface area (Å²) in [7, 11) is 2.58. The van der Waals surface area contributed by atoms with Gasteiger partial charge < -0.3 is 49.3 Å². The molecule has 6 heterocycles. The number of aromatic amines is 2. The van der Waals surface area contributed by atoms with E-state index in [9.17, 15) is 19.2 Å². The summed E-state index contributed by atoms with van der Waals surface area (Å²) in [5.41, 5.74) is 4.30. The monoisotopic (exact) mass is 942 g/mol. The molecule has 0 aliphatic carbocycles. The molecular weight excluding hydrogens is 887 g/mol. The summed E-state index contributed by atoms with van der Waals surface area (Å²) in [4.78, 5) is 72.9. The molecule has 4 saturated heterocycles. The van der Waals surface area contributed by atoms with Crippen LogP contribution < -0.4 is 10.6 Å². The minimum atomic E-state index is -0.743. The Kier molecular flexibility index (Phi) is 14.9. The zero-order chi connectivity index (χ0) is 46.5. The van der Waals surface area contributed by atoms with Gasteiger partial charge in [0.05, 0.1) is 26.3 Å². The average molecular weight is 944 g/mol. The molecule has 6 atom stereocenters. The second-order valence-corrected chi connectivity index (χ2v) is 18.6. The Labute approximate surface area is 394 Å². The average Bonchev–Trinajstić information content (AvgIpc) is 4.14. The lowest BCUT2D eigenvalue weighted by molar-refractivity contribution is -0.137. The van der Waals surface area contributed by atoms with Gasteiger partial charge in [0.1, 0.15) is 45.4 Å². The third-order valence-electron chi connectivity index (χ3n) is 13.2. The van der Waals surface area contributed by atoms with Gasteiger partial charge in [0.25, 0.3) is 0 Å². The number of rotatable bonds is 10. The Bertz CT molecular complexity index is 2270. The van der Waals surface area contributed by atoms with E-state index < -0.39 is 24.3 Å². The number of methoxy groups -OCH3 is 2. The van der Waals surface area contributed by atoms with Crippen molar-refractivity contribution >= 4 is 47.2 Å². The molecule has 0 unspecified atom stereocenters. The number of amides is 4. The van der Waals surface area contributed by atoms with Crippen molar-refractivity contribution in [2.75, 3.05) is 53.7 Å². The molecule has 2 aromatic heterocycles. The molecule has 4 aliphatic rings. The molecule has 4 aliphatic heterocycles. The van der Waals surface area contributed by atoms with Gasteiger partial charge in [0.15, 0.2) is 0 Å². The van der Waals surface area contributed by atoms with Crippen molar-refractivity contribution in [1.82, 2.24) is 40.4 Å². The number of nitrogens with zero attached hydrogens (tertiary/aromatic N) is 4. The van der Waals surface area contributed by atoms with E-state index in [1.807, 2.05) is 48.5 Å². The third kappa shape index (κ3) is 10.5. The first-order valence-corrected chi connectivity index (χ1v) is 23.3. The fourth-order valence-electron chi connectivity index (χ4n) is 9.69. The van der Waals surface area contributed by atoms with Crippen LogP contribution in [0.15, 0.2) is 48.5 Å². The molecular formula is C48H56Cl2N8O8. The Morgan fingerprint density at radius 2 is 1.02 bits per heavy atom. The number of benzene rings is 2. The van der Waals surface area contributed by atoms with Gasteiger partial charge in [0.2, 0.25) is 11.8 Å². The maximum absolute atomic E-state index is 14.1. The zero-order valence-corrected chi connectivity index (χ0v) is 39.0. The van der Waals surface area contributed by atoms with Crippen molar-refractivity contribution in [3.05, 3.63) is 81.6 Å². The molecule has 0 bridgehead atoms. The van der Waals surface area contributed by atoms with Gasteiger partial charge in [-0.05, 0) is 86.5 Å². The number of carbonyl (C=O) groups excluding carboxylic acids is 4. The minimum Gasteiger partial charge on any atom is -0.453 e. The van der Waals surface area contributed by atoms with E-state index in [2.05, 4.69) is 46.3 Å². The second kappa shape index (κ2) is 20.9. The van der Waals surface area contributed by atoms with E-state index in [-0.39, 0.29) is 47.6 Å². The first-order chi connectivity index (χ1) is 31.9. The minimum absolute atomic E-state index is 0.0749. The summed E-state index contributed by atoms with van der Waals surface area (Å²) in [6.07, 6.45) is 2.73. The normalized spacial score (nSPS) is 22.3. The number of ether oxygens (including phenoxy) is 4. The van der Waals surface area contributed by atoms with Crippen LogP contribution in [0.25, 0.3) is 22.5 Å². The van der Waals surface area contributed by atoms with Crippen molar-refractivity contribution in [1.29, 1.82) is 0 Å². The number of hydrogen-bond donors (Lipinski definition) is 4. The van der Waals surface area contributed by atoms with Gasteiger partial charge in [-0.25, -0.2) is 19.6 Å². The van der Waals surface area contributed by atoms with Crippen molar-refractivity contribution in [2.45, 2.75) is 76.5 Å². The Balaban J connectivity index is 0.932. The van der Waals surface area contributed by atoms with Crippen LogP contribution in [0, 0.1) is 35.5 Å². The number of aromatic nitrogens is 4. The summed E-state index contributed by atoms with van der Waals surface area (Å²) < 4.78 is 20.8. The number of likely N-dealkylation sites (tertiary alicyclic amines) is 2. The maximum Gasteiger partial charge on any atom is 0.407 e. The third-order valence-corrected chi connectivity index (χ3v) is 13.7. The van der Waals surface area contributed by atoms with Crippen LogP contribution in [-0.4, -0.2) is 120 Å². The predicted octanol–water partition coefficient (Wildman–Crippen LogP) is 7.29. The van der Waals surface area contributed by atoms with Crippen molar-refractivity contribution < 1.29 is 38.1 Å². The number of H-pyrrole nitrogens is 2. The van der Waals surface area contributed by atoms with Crippen LogP contribution >= 0.6 is 23.2 Å². The van der Waals surface area contributed by atoms with Gasteiger partial charge in [-0.15, -0.1) is 0 Å². The summed E-state index contributed by atoms with van der Waals surface area (Å²) in [6, 6.07) is 13.1. The molecule has 4 amide bonds.